The standard InChI is InChI=1S/C15H18N4O2/c1-11-8-19(9-12(2)21-11)15(20)13-3-4-14(17-7-13)18-6-5-16-10-18/h3-7,10-12H,8-9H2,1-2H3. The molecule has 0 aliphatic carbocycles. The molecule has 0 saturated carbocycles. The Labute approximate surface area is 123 Å². The second kappa shape index (κ2) is 5.65. The number of morpholine rings is 1. The number of amides is 1. The molecule has 6 nitrogen and oxygen atoms in total. The predicted octanol–water partition coefficient (Wildman–Crippen LogP) is 1.52. The van der Waals surface area contributed by atoms with Crippen LogP contribution in [-0.4, -0.2) is 50.6 Å². The lowest BCUT2D eigenvalue weighted by molar-refractivity contribution is -0.0586. The molecular weight excluding hydrogens is 268 g/mol. The molecule has 3 heterocycles. The molecule has 0 radical (unpaired) electrons. The van der Waals surface area contributed by atoms with Crippen LogP contribution in [0.15, 0.2) is 37.1 Å². The molecule has 1 aliphatic rings. The molecule has 2 unspecified atom stereocenters. The van der Waals surface area contributed by atoms with E-state index in [2.05, 4.69) is 9.97 Å². The highest BCUT2D eigenvalue weighted by Gasteiger charge is 2.26. The van der Waals surface area contributed by atoms with Crippen LogP contribution in [0, 0.1) is 0 Å². The van der Waals surface area contributed by atoms with Gasteiger partial charge in [-0.05, 0) is 26.0 Å². The van der Waals surface area contributed by atoms with E-state index in [0.717, 1.165) is 5.82 Å². The maximum Gasteiger partial charge on any atom is 0.255 e. The maximum absolute atomic E-state index is 12.5. The Morgan fingerprint density at radius 3 is 2.62 bits per heavy atom. The van der Waals surface area contributed by atoms with Crippen LogP contribution in [0.1, 0.15) is 24.2 Å². The highest BCUT2D eigenvalue weighted by Crippen LogP contribution is 2.14. The lowest BCUT2D eigenvalue weighted by Crippen LogP contribution is -2.48. The molecule has 2 atom stereocenters. The van der Waals surface area contributed by atoms with Crippen molar-refractivity contribution in [2.75, 3.05) is 13.1 Å². The Balaban J connectivity index is 1.76. The number of pyridine rings is 1. The Bertz CT molecular complexity index is 599. The normalized spacial score (nSPS) is 22.3. The van der Waals surface area contributed by atoms with Crippen LogP contribution in [0.4, 0.5) is 0 Å². The fourth-order valence-corrected chi connectivity index (χ4v) is 2.59. The van der Waals surface area contributed by atoms with Gasteiger partial charge in [-0.3, -0.25) is 9.36 Å². The molecule has 2 aromatic rings. The second-order valence-electron chi connectivity index (χ2n) is 5.34. The first-order valence-corrected chi connectivity index (χ1v) is 7.02. The fraction of sp³-hybridized carbons (Fsp3) is 0.400. The lowest BCUT2D eigenvalue weighted by atomic mass is 10.2. The molecular formula is C15H18N4O2. The van der Waals surface area contributed by atoms with E-state index in [1.807, 2.05) is 31.0 Å². The van der Waals surface area contributed by atoms with Crippen molar-refractivity contribution in [1.82, 2.24) is 19.4 Å². The van der Waals surface area contributed by atoms with Crippen molar-refractivity contribution in [3.8, 4) is 5.82 Å². The summed E-state index contributed by atoms with van der Waals surface area (Å²) in [6.07, 6.45) is 6.93. The minimum absolute atomic E-state index is 0.00156. The summed E-state index contributed by atoms with van der Waals surface area (Å²) in [6, 6.07) is 3.62. The van der Waals surface area contributed by atoms with E-state index in [1.54, 1.807) is 29.4 Å². The molecule has 2 aromatic heterocycles. The van der Waals surface area contributed by atoms with Gasteiger partial charge in [0.15, 0.2) is 0 Å². The fourth-order valence-electron chi connectivity index (χ4n) is 2.59. The van der Waals surface area contributed by atoms with Crippen molar-refractivity contribution in [3.63, 3.8) is 0 Å². The molecule has 6 heteroatoms. The monoisotopic (exact) mass is 286 g/mol. The number of carbonyl (C=O) groups excluding carboxylic acids is 1. The Kier molecular flexibility index (Phi) is 3.70. The number of carbonyl (C=O) groups is 1. The number of aromatic nitrogens is 3. The summed E-state index contributed by atoms with van der Waals surface area (Å²) in [6.45, 7) is 5.20. The molecule has 1 fully saturated rings. The zero-order chi connectivity index (χ0) is 14.8. The molecule has 110 valence electrons. The van der Waals surface area contributed by atoms with E-state index in [9.17, 15) is 4.79 Å². The number of nitrogens with zero attached hydrogens (tertiary/aromatic N) is 4. The van der Waals surface area contributed by atoms with Crippen molar-refractivity contribution in [1.29, 1.82) is 0 Å². The number of imidazole rings is 1. The average Bonchev–Trinajstić information content (AvgIpc) is 3.00. The number of ether oxygens (including phenoxy) is 1. The van der Waals surface area contributed by atoms with E-state index in [1.165, 1.54) is 0 Å². The van der Waals surface area contributed by atoms with Crippen LogP contribution in [0.3, 0.4) is 0 Å². The Hall–Kier alpha value is -2.21. The molecule has 1 amide bonds. The van der Waals surface area contributed by atoms with Gasteiger partial charge in [0.05, 0.1) is 17.8 Å². The van der Waals surface area contributed by atoms with Crippen molar-refractivity contribution in [3.05, 3.63) is 42.6 Å². The molecule has 1 saturated heterocycles. The van der Waals surface area contributed by atoms with Gasteiger partial charge >= 0.3 is 0 Å². The Morgan fingerprint density at radius 1 is 1.29 bits per heavy atom. The van der Waals surface area contributed by atoms with Gasteiger partial charge < -0.3 is 9.64 Å². The second-order valence-corrected chi connectivity index (χ2v) is 5.34. The summed E-state index contributed by atoms with van der Waals surface area (Å²) in [7, 11) is 0. The Morgan fingerprint density at radius 2 is 2.05 bits per heavy atom. The first kappa shape index (κ1) is 13.8. The summed E-state index contributed by atoms with van der Waals surface area (Å²) in [4.78, 5) is 22.6. The highest BCUT2D eigenvalue weighted by molar-refractivity contribution is 5.94. The van der Waals surface area contributed by atoms with Crippen LogP contribution in [0.5, 0.6) is 0 Å². The number of rotatable bonds is 2. The molecule has 3 rings (SSSR count). The topological polar surface area (TPSA) is 60.2 Å². The summed E-state index contributed by atoms with van der Waals surface area (Å²) in [5.74, 6) is 0.745. The van der Waals surface area contributed by atoms with Crippen LogP contribution >= 0.6 is 0 Å². The molecule has 21 heavy (non-hydrogen) atoms. The van der Waals surface area contributed by atoms with Crippen molar-refractivity contribution < 1.29 is 9.53 Å². The zero-order valence-electron chi connectivity index (χ0n) is 12.1. The van der Waals surface area contributed by atoms with Gasteiger partial charge in [-0.2, -0.15) is 0 Å². The van der Waals surface area contributed by atoms with Gasteiger partial charge in [0, 0.05) is 31.7 Å². The third-order valence-corrected chi connectivity index (χ3v) is 3.47. The van der Waals surface area contributed by atoms with Gasteiger partial charge in [-0.25, -0.2) is 9.97 Å². The number of hydrogen-bond acceptors (Lipinski definition) is 4. The van der Waals surface area contributed by atoms with Gasteiger partial charge in [-0.1, -0.05) is 0 Å². The summed E-state index contributed by atoms with van der Waals surface area (Å²) in [5, 5.41) is 0. The first-order chi connectivity index (χ1) is 10.1. The van der Waals surface area contributed by atoms with Crippen molar-refractivity contribution >= 4 is 5.91 Å². The van der Waals surface area contributed by atoms with Crippen molar-refractivity contribution in [2.45, 2.75) is 26.1 Å². The van der Waals surface area contributed by atoms with E-state index < -0.39 is 0 Å². The third kappa shape index (κ3) is 2.95. The van der Waals surface area contributed by atoms with Crippen LogP contribution in [0.25, 0.3) is 5.82 Å². The molecule has 0 spiro atoms. The minimum atomic E-state index is 0.00156. The quantitative estimate of drug-likeness (QED) is 0.839. The largest absolute Gasteiger partial charge is 0.372 e. The number of hydrogen-bond donors (Lipinski definition) is 0. The molecule has 0 N–H and O–H groups in total. The predicted molar refractivity (Wildman–Crippen MR) is 77.3 cm³/mol. The van der Waals surface area contributed by atoms with Gasteiger partial charge in [0.1, 0.15) is 12.1 Å². The van der Waals surface area contributed by atoms with Gasteiger partial charge in [-0.15, -0.1) is 0 Å². The smallest absolute Gasteiger partial charge is 0.255 e. The van der Waals surface area contributed by atoms with E-state index in [-0.39, 0.29) is 18.1 Å². The lowest BCUT2D eigenvalue weighted by Gasteiger charge is -2.35. The minimum Gasteiger partial charge on any atom is -0.372 e. The van der Waals surface area contributed by atoms with Crippen LogP contribution in [-0.2, 0) is 4.74 Å². The van der Waals surface area contributed by atoms with Crippen LogP contribution < -0.4 is 0 Å². The maximum atomic E-state index is 12.5. The van der Waals surface area contributed by atoms with E-state index >= 15 is 0 Å². The highest BCUT2D eigenvalue weighted by atomic mass is 16.5. The van der Waals surface area contributed by atoms with E-state index in [0.29, 0.717) is 18.7 Å². The SMILES string of the molecule is CC1CN(C(=O)c2ccc(-n3ccnc3)nc2)CC(C)O1. The third-order valence-electron chi connectivity index (χ3n) is 3.47. The molecule has 0 aromatic carbocycles. The zero-order valence-corrected chi connectivity index (χ0v) is 12.1. The average molecular weight is 286 g/mol. The van der Waals surface area contributed by atoms with Gasteiger partial charge in [0.2, 0.25) is 0 Å². The van der Waals surface area contributed by atoms with Gasteiger partial charge in [0.25, 0.3) is 5.91 Å². The molecule has 1 aliphatic heterocycles. The summed E-state index contributed by atoms with van der Waals surface area (Å²) < 4.78 is 7.45. The van der Waals surface area contributed by atoms with Crippen molar-refractivity contribution in [2.24, 2.45) is 0 Å². The van der Waals surface area contributed by atoms with Crippen LogP contribution in [0.2, 0.25) is 0 Å². The first-order valence-electron chi connectivity index (χ1n) is 7.02. The van der Waals surface area contributed by atoms with E-state index in [4.69, 9.17) is 4.74 Å². The molecule has 0 bridgehead atoms. The summed E-state index contributed by atoms with van der Waals surface area (Å²) >= 11 is 0. The summed E-state index contributed by atoms with van der Waals surface area (Å²) in [5.41, 5.74) is 0.597.